The van der Waals surface area contributed by atoms with Gasteiger partial charge in [-0.2, -0.15) is 5.10 Å². The van der Waals surface area contributed by atoms with Gasteiger partial charge >= 0.3 is 0 Å². The van der Waals surface area contributed by atoms with Gasteiger partial charge in [-0.25, -0.2) is 0 Å². The van der Waals surface area contributed by atoms with E-state index in [1.54, 1.807) is 54.3 Å². The fourth-order valence-corrected chi connectivity index (χ4v) is 3.47. The molecular weight excluding hydrogens is 461 g/mol. The van der Waals surface area contributed by atoms with Gasteiger partial charge in [-0.3, -0.25) is 9.48 Å². The van der Waals surface area contributed by atoms with Crippen molar-refractivity contribution in [2.45, 2.75) is 13.2 Å². The zero-order chi connectivity index (χ0) is 23.2. The topological polar surface area (TPSA) is 65.4 Å². The van der Waals surface area contributed by atoms with E-state index in [1.165, 1.54) is 0 Å². The molecule has 0 unspecified atom stereocenters. The van der Waals surface area contributed by atoms with E-state index in [0.717, 1.165) is 11.1 Å². The van der Waals surface area contributed by atoms with E-state index >= 15 is 0 Å². The van der Waals surface area contributed by atoms with E-state index in [-0.39, 0.29) is 19.1 Å². The molecule has 0 saturated carbocycles. The first-order valence-electron chi connectivity index (χ1n) is 10.2. The molecule has 33 heavy (non-hydrogen) atoms. The number of amides is 1. The second-order valence-electron chi connectivity index (χ2n) is 7.28. The highest BCUT2D eigenvalue weighted by atomic mass is 35.5. The summed E-state index contributed by atoms with van der Waals surface area (Å²) in [4.78, 5) is 12.9. The van der Waals surface area contributed by atoms with Gasteiger partial charge in [-0.15, -0.1) is 0 Å². The molecular formula is C25H21Cl2N3O3. The quantitative estimate of drug-likeness (QED) is 0.328. The molecule has 0 bridgehead atoms. The van der Waals surface area contributed by atoms with Crippen molar-refractivity contribution in [2.75, 3.05) is 5.32 Å². The number of halogens is 2. The van der Waals surface area contributed by atoms with Gasteiger partial charge in [-0.1, -0.05) is 59.6 Å². The molecule has 4 aromatic rings. The van der Waals surface area contributed by atoms with Crippen LogP contribution in [0.25, 0.3) is 0 Å². The largest absolute Gasteiger partial charge is 0.489 e. The number of nitrogens with one attached hydrogen (secondary N) is 1. The maximum absolute atomic E-state index is 12.9. The zero-order valence-electron chi connectivity index (χ0n) is 17.8. The molecule has 168 valence electrons. The lowest BCUT2D eigenvalue weighted by Crippen LogP contribution is -2.13. The molecule has 0 spiro atoms. The molecule has 8 heteroatoms. The highest BCUT2D eigenvalue weighted by Crippen LogP contribution is 2.27. The number of nitrogens with zero attached hydrogens (tertiary/aromatic N) is 2. The van der Waals surface area contributed by atoms with Crippen molar-refractivity contribution in [2.24, 2.45) is 7.05 Å². The summed E-state index contributed by atoms with van der Waals surface area (Å²) in [5.74, 6) is 1.05. The smallest absolute Gasteiger partial charge is 0.257 e. The lowest BCUT2D eigenvalue weighted by molar-refractivity contribution is 0.102. The van der Waals surface area contributed by atoms with Crippen LogP contribution in [-0.4, -0.2) is 15.7 Å². The van der Waals surface area contributed by atoms with E-state index in [2.05, 4.69) is 10.4 Å². The lowest BCUT2D eigenvalue weighted by Gasteiger charge is -2.13. The molecule has 6 nitrogen and oxygen atoms in total. The fourth-order valence-electron chi connectivity index (χ4n) is 3.09. The number of hydrogen-bond donors (Lipinski definition) is 1. The molecule has 0 fully saturated rings. The second kappa shape index (κ2) is 10.4. The summed E-state index contributed by atoms with van der Waals surface area (Å²) in [6.07, 6.45) is 1.75. The average molecular weight is 482 g/mol. The Labute approximate surface area is 201 Å². The summed E-state index contributed by atoms with van der Waals surface area (Å²) in [6.45, 7) is 0.490. The van der Waals surface area contributed by atoms with Crippen LogP contribution in [0.2, 0.25) is 10.0 Å². The van der Waals surface area contributed by atoms with Crippen LogP contribution in [0.1, 0.15) is 21.5 Å². The van der Waals surface area contributed by atoms with Crippen molar-refractivity contribution in [1.29, 1.82) is 0 Å². The molecule has 3 aromatic carbocycles. The number of carbonyl (C=O) groups excluding carboxylic acids is 1. The number of anilines is 1. The minimum atomic E-state index is -0.334. The van der Waals surface area contributed by atoms with Crippen LogP contribution in [0.3, 0.4) is 0 Å². The SMILES string of the molecule is Cn1ccc(NC(=O)c2cc(OCc3ccccc3Cl)cc(OCc3ccccc3Cl)c2)n1. The summed E-state index contributed by atoms with van der Waals surface area (Å²) in [5, 5.41) is 8.18. The first-order chi connectivity index (χ1) is 16.0. The Morgan fingerprint density at radius 1 is 0.879 bits per heavy atom. The maximum Gasteiger partial charge on any atom is 0.257 e. The maximum atomic E-state index is 12.9. The Morgan fingerprint density at radius 2 is 1.42 bits per heavy atom. The van der Waals surface area contributed by atoms with Crippen molar-refractivity contribution >= 4 is 34.9 Å². The monoisotopic (exact) mass is 481 g/mol. The molecule has 1 N–H and O–H groups in total. The van der Waals surface area contributed by atoms with Gasteiger partial charge in [-0.05, 0) is 24.3 Å². The van der Waals surface area contributed by atoms with Crippen LogP contribution in [-0.2, 0) is 20.3 Å². The van der Waals surface area contributed by atoms with Crippen LogP contribution in [0.15, 0.2) is 79.0 Å². The number of aromatic nitrogens is 2. The van der Waals surface area contributed by atoms with Gasteiger partial charge in [0, 0.05) is 52.1 Å². The Balaban J connectivity index is 1.56. The predicted octanol–water partition coefficient (Wildman–Crippen LogP) is 6.14. The molecule has 0 aliphatic carbocycles. The third-order valence-electron chi connectivity index (χ3n) is 4.80. The molecule has 0 saturated heterocycles. The van der Waals surface area contributed by atoms with Gasteiger partial charge in [0.1, 0.15) is 24.7 Å². The van der Waals surface area contributed by atoms with Gasteiger partial charge in [0.15, 0.2) is 5.82 Å². The molecule has 1 amide bonds. The summed E-state index contributed by atoms with van der Waals surface area (Å²) in [7, 11) is 1.78. The number of benzene rings is 3. The van der Waals surface area contributed by atoms with Crippen LogP contribution >= 0.6 is 23.2 Å². The normalized spacial score (nSPS) is 10.6. The molecule has 0 aliphatic rings. The average Bonchev–Trinajstić information content (AvgIpc) is 3.22. The second-order valence-corrected chi connectivity index (χ2v) is 8.10. The highest BCUT2D eigenvalue weighted by Gasteiger charge is 2.13. The molecule has 1 heterocycles. The molecule has 1 aromatic heterocycles. The molecule has 0 atom stereocenters. The minimum Gasteiger partial charge on any atom is -0.489 e. The number of hydrogen-bond acceptors (Lipinski definition) is 4. The lowest BCUT2D eigenvalue weighted by atomic mass is 10.1. The van der Waals surface area contributed by atoms with E-state index in [9.17, 15) is 4.79 Å². The zero-order valence-corrected chi connectivity index (χ0v) is 19.3. The standard InChI is InChI=1S/C25H21Cl2N3O3/c1-30-11-10-24(29-30)28-25(31)19-12-20(32-15-17-6-2-4-8-22(17)26)14-21(13-19)33-16-18-7-3-5-9-23(18)27/h2-14H,15-16H2,1H3,(H,28,29,31). The first-order valence-corrected chi connectivity index (χ1v) is 10.9. The molecule has 0 aliphatic heterocycles. The summed E-state index contributed by atoms with van der Waals surface area (Å²) >= 11 is 12.5. The van der Waals surface area contributed by atoms with Gasteiger partial charge < -0.3 is 14.8 Å². The number of ether oxygens (including phenoxy) is 2. The third-order valence-corrected chi connectivity index (χ3v) is 5.54. The Hall–Kier alpha value is -3.48. The molecule has 4 rings (SSSR count). The third kappa shape index (κ3) is 6.06. The number of rotatable bonds is 8. The van der Waals surface area contributed by atoms with Gasteiger partial charge in [0.05, 0.1) is 0 Å². The highest BCUT2D eigenvalue weighted by molar-refractivity contribution is 6.31. The van der Waals surface area contributed by atoms with Crippen LogP contribution in [0, 0.1) is 0 Å². The number of carbonyl (C=O) groups is 1. The minimum absolute atomic E-state index is 0.245. The van der Waals surface area contributed by atoms with Crippen molar-refractivity contribution in [3.05, 3.63) is 106 Å². The van der Waals surface area contributed by atoms with Crippen LogP contribution in [0.5, 0.6) is 11.5 Å². The van der Waals surface area contributed by atoms with Crippen molar-refractivity contribution in [3.63, 3.8) is 0 Å². The van der Waals surface area contributed by atoms with Crippen LogP contribution in [0.4, 0.5) is 5.82 Å². The summed E-state index contributed by atoms with van der Waals surface area (Å²) in [5.41, 5.74) is 2.04. The van der Waals surface area contributed by atoms with Crippen LogP contribution < -0.4 is 14.8 Å². The Kier molecular flexibility index (Phi) is 7.17. The first kappa shape index (κ1) is 22.7. The molecule has 0 radical (unpaired) electrons. The van der Waals surface area contributed by atoms with E-state index in [0.29, 0.717) is 32.9 Å². The number of aryl methyl sites for hydroxylation is 1. The van der Waals surface area contributed by atoms with Crippen molar-refractivity contribution < 1.29 is 14.3 Å². The van der Waals surface area contributed by atoms with Gasteiger partial charge in [0.25, 0.3) is 5.91 Å². The van der Waals surface area contributed by atoms with E-state index in [4.69, 9.17) is 32.7 Å². The Bertz CT molecular complexity index is 1210. The van der Waals surface area contributed by atoms with Gasteiger partial charge in [0.2, 0.25) is 0 Å². The summed E-state index contributed by atoms with van der Waals surface area (Å²) in [6, 6.07) is 21.6. The van der Waals surface area contributed by atoms with Crippen molar-refractivity contribution in [1.82, 2.24) is 9.78 Å². The predicted molar refractivity (Wildman–Crippen MR) is 129 cm³/mol. The van der Waals surface area contributed by atoms with E-state index in [1.807, 2.05) is 36.4 Å². The summed E-state index contributed by atoms with van der Waals surface area (Å²) < 4.78 is 13.5. The Morgan fingerprint density at radius 3 is 1.91 bits per heavy atom. The van der Waals surface area contributed by atoms with E-state index < -0.39 is 0 Å². The van der Waals surface area contributed by atoms with Crippen molar-refractivity contribution in [3.8, 4) is 11.5 Å². The fraction of sp³-hybridized carbons (Fsp3) is 0.120.